The number of pyridine rings is 1. The van der Waals surface area contributed by atoms with Crippen molar-refractivity contribution in [1.29, 1.82) is 0 Å². The molecule has 0 fully saturated rings. The molecule has 3 aromatic rings. The summed E-state index contributed by atoms with van der Waals surface area (Å²) in [6, 6.07) is 7.91. The van der Waals surface area contributed by atoms with Crippen molar-refractivity contribution >= 4 is 27.3 Å². The Balaban J connectivity index is 1.90. The van der Waals surface area contributed by atoms with Crippen LogP contribution < -0.4 is 10.1 Å². The molecule has 1 aromatic carbocycles. The van der Waals surface area contributed by atoms with Crippen LogP contribution in [0.4, 0.5) is 13.2 Å². The number of rotatable bonds is 4. The summed E-state index contributed by atoms with van der Waals surface area (Å²) in [6.45, 7) is 1.58. The number of aryl methyl sites for hydroxylation is 1. The van der Waals surface area contributed by atoms with Gasteiger partial charge in [0.15, 0.2) is 5.69 Å². The Hall–Kier alpha value is -2.61. The molecule has 2 aromatic heterocycles. The Morgan fingerprint density at radius 1 is 1.31 bits per heavy atom. The normalized spacial score (nSPS) is 11.6. The number of nitrogens with one attached hydrogen (secondary N) is 1. The van der Waals surface area contributed by atoms with Gasteiger partial charge in [0.05, 0.1) is 5.56 Å². The zero-order valence-electron chi connectivity index (χ0n) is 14.0. The average Bonchev–Trinajstić information content (AvgIpc) is 2.93. The van der Waals surface area contributed by atoms with E-state index in [-0.39, 0.29) is 18.1 Å². The number of carbonyl (C=O) groups excluding carboxylic acids is 1. The number of hydrogen-bond donors (Lipinski definition) is 1. The number of carbonyl (C=O) groups is 1. The number of nitrogens with zero attached hydrogens (tertiary/aromatic N) is 1. The minimum Gasteiger partial charge on any atom is -0.489 e. The summed E-state index contributed by atoms with van der Waals surface area (Å²) in [7, 11) is 1.55. The first kappa shape index (κ1) is 18.2. The number of aromatic nitrogens is 1. The van der Waals surface area contributed by atoms with E-state index in [0.717, 1.165) is 15.8 Å². The van der Waals surface area contributed by atoms with Gasteiger partial charge in [0.2, 0.25) is 0 Å². The SMILES string of the molecule is CNC(=O)c1c(C)sc2ccc(OCc3cccnc3C(F)(F)F)cc12. The molecule has 8 heteroatoms. The van der Waals surface area contributed by atoms with Crippen LogP contribution in [0, 0.1) is 6.92 Å². The molecule has 0 atom stereocenters. The van der Waals surface area contributed by atoms with E-state index in [9.17, 15) is 18.0 Å². The van der Waals surface area contributed by atoms with E-state index in [1.807, 2.05) is 6.92 Å². The van der Waals surface area contributed by atoms with Gasteiger partial charge in [0.25, 0.3) is 5.91 Å². The van der Waals surface area contributed by atoms with Gasteiger partial charge in [-0.3, -0.25) is 9.78 Å². The molecule has 4 nitrogen and oxygen atoms in total. The minimum atomic E-state index is -4.54. The van der Waals surface area contributed by atoms with Gasteiger partial charge in [-0.25, -0.2) is 0 Å². The molecule has 0 bridgehead atoms. The standard InChI is InChI=1S/C18H15F3N2O2S/c1-10-15(17(24)22-2)13-8-12(5-6-14(13)26-10)25-9-11-4-3-7-23-16(11)18(19,20)21/h3-8H,9H2,1-2H3,(H,22,24). The number of hydrogen-bond acceptors (Lipinski definition) is 4. The van der Waals surface area contributed by atoms with Crippen LogP contribution in [0.25, 0.3) is 10.1 Å². The lowest BCUT2D eigenvalue weighted by Gasteiger charge is -2.12. The van der Waals surface area contributed by atoms with Gasteiger partial charge in [-0.05, 0) is 31.2 Å². The predicted octanol–water partition coefficient (Wildman–Crippen LogP) is 4.56. The fourth-order valence-corrected chi connectivity index (χ4v) is 3.71. The molecule has 0 aliphatic heterocycles. The fraction of sp³-hybridized carbons (Fsp3) is 0.222. The number of halogens is 3. The highest BCUT2D eigenvalue weighted by Gasteiger charge is 2.35. The van der Waals surface area contributed by atoms with E-state index < -0.39 is 11.9 Å². The maximum absolute atomic E-state index is 13.0. The Bertz CT molecular complexity index is 967. The highest BCUT2D eigenvalue weighted by atomic mass is 32.1. The number of amides is 1. The van der Waals surface area contributed by atoms with Gasteiger partial charge in [-0.1, -0.05) is 6.07 Å². The van der Waals surface area contributed by atoms with Crippen LogP contribution in [0.3, 0.4) is 0 Å². The fourth-order valence-electron chi connectivity index (χ4n) is 2.67. The second kappa shape index (κ2) is 6.95. The summed E-state index contributed by atoms with van der Waals surface area (Å²) in [5.74, 6) is 0.176. The highest BCUT2D eigenvalue weighted by Crippen LogP contribution is 2.34. The summed E-state index contributed by atoms with van der Waals surface area (Å²) >= 11 is 1.48. The Morgan fingerprint density at radius 2 is 2.08 bits per heavy atom. The molecular formula is C18H15F3N2O2S. The van der Waals surface area contributed by atoms with Crippen LogP contribution in [-0.4, -0.2) is 17.9 Å². The van der Waals surface area contributed by atoms with E-state index in [0.29, 0.717) is 16.7 Å². The first-order chi connectivity index (χ1) is 12.3. The molecule has 0 saturated heterocycles. The molecule has 1 N–H and O–H groups in total. The van der Waals surface area contributed by atoms with Gasteiger partial charge in [0, 0.05) is 33.8 Å². The second-order valence-corrected chi connectivity index (χ2v) is 6.82. The summed E-state index contributed by atoms with van der Waals surface area (Å²) in [4.78, 5) is 16.3. The molecule has 2 heterocycles. The van der Waals surface area contributed by atoms with Gasteiger partial charge in [-0.2, -0.15) is 13.2 Å². The van der Waals surface area contributed by atoms with Gasteiger partial charge in [0.1, 0.15) is 12.4 Å². The summed E-state index contributed by atoms with van der Waals surface area (Å²) in [6.07, 6.45) is -3.44. The Labute approximate surface area is 151 Å². The maximum Gasteiger partial charge on any atom is 0.433 e. The summed E-state index contributed by atoms with van der Waals surface area (Å²) in [5, 5.41) is 3.31. The van der Waals surface area contributed by atoms with Crippen LogP contribution in [0.2, 0.25) is 0 Å². The third-order valence-corrected chi connectivity index (χ3v) is 4.93. The van der Waals surface area contributed by atoms with Crippen molar-refractivity contribution in [2.24, 2.45) is 0 Å². The van der Waals surface area contributed by atoms with Crippen molar-refractivity contribution in [2.75, 3.05) is 7.05 Å². The second-order valence-electron chi connectivity index (χ2n) is 5.57. The van der Waals surface area contributed by atoms with E-state index in [1.165, 1.54) is 23.5 Å². The van der Waals surface area contributed by atoms with Crippen LogP contribution in [0.1, 0.15) is 26.5 Å². The molecule has 1 amide bonds. The third kappa shape index (κ3) is 3.50. The van der Waals surface area contributed by atoms with Crippen LogP contribution in [0.5, 0.6) is 5.75 Å². The van der Waals surface area contributed by atoms with Crippen molar-refractivity contribution in [1.82, 2.24) is 10.3 Å². The molecule has 136 valence electrons. The molecule has 0 spiro atoms. The molecule has 26 heavy (non-hydrogen) atoms. The summed E-state index contributed by atoms with van der Waals surface area (Å²) in [5.41, 5.74) is -0.457. The van der Waals surface area contributed by atoms with E-state index >= 15 is 0 Å². The average molecular weight is 380 g/mol. The van der Waals surface area contributed by atoms with E-state index in [1.54, 1.807) is 25.2 Å². The molecular weight excluding hydrogens is 365 g/mol. The number of fused-ring (bicyclic) bond motifs is 1. The largest absolute Gasteiger partial charge is 0.489 e. The smallest absolute Gasteiger partial charge is 0.433 e. The lowest BCUT2D eigenvalue weighted by atomic mass is 10.1. The zero-order valence-corrected chi connectivity index (χ0v) is 14.8. The molecule has 0 aliphatic carbocycles. The molecule has 0 saturated carbocycles. The first-order valence-electron chi connectivity index (χ1n) is 7.70. The van der Waals surface area contributed by atoms with Gasteiger partial charge in [-0.15, -0.1) is 11.3 Å². The summed E-state index contributed by atoms with van der Waals surface area (Å²) < 4.78 is 45.5. The minimum absolute atomic E-state index is 0.0480. The topological polar surface area (TPSA) is 51.2 Å². The van der Waals surface area contributed by atoms with Gasteiger partial charge < -0.3 is 10.1 Å². The number of benzene rings is 1. The lowest BCUT2D eigenvalue weighted by molar-refractivity contribution is -0.142. The lowest BCUT2D eigenvalue weighted by Crippen LogP contribution is -2.18. The van der Waals surface area contributed by atoms with E-state index in [2.05, 4.69) is 10.3 Å². The van der Waals surface area contributed by atoms with Crippen molar-refractivity contribution in [3.05, 3.63) is 58.2 Å². The Kier molecular flexibility index (Phi) is 4.86. The van der Waals surface area contributed by atoms with Crippen molar-refractivity contribution in [3.8, 4) is 5.75 Å². The maximum atomic E-state index is 13.0. The van der Waals surface area contributed by atoms with Crippen molar-refractivity contribution in [3.63, 3.8) is 0 Å². The number of thiophene rings is 1. The Morgan fingerprint density at radius 3 is 2.77 bits per heavy atom. The van der Waals surface area contributed by atoms with Crippen molar-refractivity contribution in [2.45, 2.75) is 19.7 Å². The predicted molar refractivity (Wildman–Crippen MR) is 93.5 cm³/mol. The first-order valence-corrected chi connectivity index (χ1v) is 8.52. The van der Waals surface area contributed by atoms with Crippen molar-refractivity contribution < 1.29 is 22.7 Å². The zero-order chi connectivity index (χ0) is 18.9. The van der Waals surface area contributed by atoms with Crippen LogP contribution in [-0.2, 0) is 12.8 Å². The molecule has 3 rings (SSSR count). The number of alkyl halides is 3. The molecule has 0 aliphatic rings. The van der Waals surface area contributed by atoms with E-state index in [4.69, 9.17) is 4.74 Å². The quantitative estimate of drug-likeness (QED) is 0.722. The number of ether oxygens (including phenoxy) is 1. The van der Waals surface area contributed by atoms with Crippen LogP contribution in [0.15, 0.2) is 36.5 Å². The monoisotopic (exact) mass is 380 g/mol. The third-order valence-electron chi connectivity index (χ3n) is 3.84. The molecule has 0 radical (unpaired) electrons. The highest BCUT2D eigenvalue weighted by molar-refractivity contribution is 7.19. The van der Waals surface area contributed by atoms with Crippen LogP contribution >= 0.6 is 11.3 Å². The molecule has 0 unspecified atom stereocenters. The van der Waals surface area contributed by atoms with Gasteiger partial charge >= 0.3 is 6.18 Å².